The molecular formula is C49H83N7O15. The van der Waals surface area contributed by atoms with Crippen LogP contribution in [0.5, 0.6) is 0 Å². The molecule has 0 atom stereocenters. The molecule has 0 fully saturated rings. The number of esters is 1. The standard InChI is InChI=1S/C49H83N7O15/c1-46(2,3)69-43(62)53-27-14-24-50-38(57)21-30-65-34-49(56-41(60)19-13-20-42(61)68-33-37-17-11-10-12-18-37,35-66-31-22-39(58)51-25-15-28-54-44(63)70-47(4,5)6)36-67-32-23-40(59)52-26-16-29-55-45(64)71-48(7,8)9/h10-12,17-18H,13-16,19-36H2,1-9H3,(H,50,57)(H,51,58)(H,52,59)(H,53,62)(H,54,63)(H,55,64)(H,56,60). The molecule has 0 aromatic heterocycles. The lowest BCUT2D eigenvalue weighted by atomic mass is 10.0. The highest BCUT2D eigenvalue weighted by Gasteiger charge is 2.34. The summed E-state index contributed by atoms with van der Waals surface area (Å²) in [5.74, 6) is -1.90. The van der Waals surface area contributed by atoms with E-state index in [1.54, 1.807) is 62.3 Å². The van der Waals surface area contributed by atoms with Gasteiger partial charge in [-0.2, -0.15) is 0 Å². The van der Waals surface area contributed by atoms with Crippen molar-refractivity contribution in [1.29, 1.82) is 0 Å². The molecule has 71 heavy (non-hydrogen) atoms. The SMILES string of the molecule is CC(C)(C)OC(=O)NCCCNC(=O)CCOCC(COCCC(=O)NCCCNC(=O)OC(C)(C)C)(COCCC(=O)NCCCNC(=O)OC(C)(C)C)NC(=O)CCCC(=O)OCc1ccccc1. The molecule has 22 heteroatoms. The lowest BCUT2D eigenvalue weighted by molar-refractivity contribution is -0.145. The smallest absolute Gasteiger partial charge is 0.407 e. The van der Waals surface area contributed by atoms with E-state index < -0.39 is 52.5 Å². The molecule has 22 nitrogen and oxygen atoms in total. The molecule has 1 aromatic carbocycles. The van der Waals surface area contributed by atoms with Gasteiger partial charge in [0.05, 0.1) is 39.6 Å². The van der Waals surface area contributed by atoms with Crippen molar-refractivity contribution in [2.24, 2.45) is 0 Å². The van der Waals surface area contributed by atoms with E-state index in [1.165, 1.54) is 0 Å². The average Bonchev–Trinajstić information content (AvgIpc) is 3.25. The zero-order valence-corrected chi connectivity index (χ0v) is 43.6. The summed E-state index contributed by atoms with van der Waals surface area (Å²) in [5.41, 5.74) is -2.48. The molecule has 0 spiro atoms. The minimum atomic E-state index is -1.39. The Kier molecular flexibility index (Phi) is 30.8. The lowest BCUT2D eigenvalue weighted by Crippen LogP contribution is -2.58. The summed E-state index contributed by atoms with van der Waals surface area (Å²) in [6.07, 6.45) is -0.401. The first-order valence-electron chi connectivity index (χ1n) is 24.3. The topological polar surface area (TPSA) is 285 Å². The second kappa shape index (κ2) is 34.6. The van der Waals surface area contributed by atoms with Crippen LogP contribution in [-0.4, -0.2) is 149 Å². The predicted octanol–water partition coefficient (Wildman–Crippen LogP) is 4.07. The van der Waals surface area contributed by atoms with Gasteiger partial charge >= 0.3 is 24.2 Å². The van der Waals surface area contributed by atoms with Gasteiger partial charge in [-0.15, -0.1) is 0 Å². The number of carbonyl (C=O) groups excluding carboxylic acids is 8. The molecule has 0 saturated heterocycles. The number of amides is 7. The third-order valence-corrected chi connectivity index (χ3v) is 9.02. The molecule has 0 heterocycles. The summed E-state index contributed by atoms with van der Waals surface area (Å²) < 4.78 is 38.9. The van der Waals surface area contributed by atoms with Crippen LogP contribution in [0.1, 0.15) is 126 Å². The van der Waals surface area contributed by atoms with E-state index in [-0.39, 0.29) is 142 Å². The van der Waals surface area contributed by atoms with Crippen molar-refractivity contribution >= 4 is 47.9 Å². The fraction of sp³-hybridized carbons (Fsp3) is 0.714. The maximum absolute atomic E-state index is 13.6. The van der Waals surface area contributed by atoms with Crippen LogP contribution < -0.4 is 37.2 Å². The van der Waals surface area contributed by atoms with Crippen LogP contribution in [0.15, 0.2) is 30.3 Å². The van der Waals surface area contributed by atoms with E-state index >= 15 is 0 Å². The Bertz CT molecular complexity index is 1620. The fourth-order valence-electron chi connectivity index (χ4n) is 5.82. The molecule has 0 bridgehead atoms. The van der Waals surface area contributed by atoms with Gasteiger partial charge in [-0.05, 0) is 93.6 Å². The van der Waals surface area contributed by atoms with Gasteiger partial charge in [0.25, 0.3) is 0 Å². The number of alkyl carbamates (subject to hydrolysis) is 3. The Morgan fingerprint density at radius 2 is 0.775 bits per heavy atom. The summed E-state index contributed by atoms with van der Waals surface area (Å²) in [5, 5.41) is 19.1. The third kappa shape index (κ3) is 37.7. The van der Waals surface area contributed by atoms with Crippen LogP contribution in [-0.2, 0) is 63.7 Å². The van der Waals surface area contributed by atoms with Gasteiger partial charge in [-0.3, -0.25) is 24.0 Å². The second-order valence-corrected chi connectivity index (χ2v) is 19.6. The number of hydrogen-bond acceptors (Lipinski definition) is 15. The molecule has 1 aromatic rings. The van der Waals surface area contributed by atoms with Gasteiger partial charge in [-0.1, -0.05) is 30.3 Å². The minimum Gasteiger partial charge on any atom is -0.461 e. The van der Waals surface area contributed by atoms with Crippen LogP contribution in [0.2, 0.25) is 0 Å². The van der Waals surface area contributed by atoms with Crippen LogP contribution in [0, 0.1) is 0 Å². The van der Waals surface area contributed by atoms with Crippen molar-refractivity contribution in [2.75, 3.05) is 78.9 Å². The normalized spacial score (nSPS) is 11.6. The molecule has 1 rings (SSSR count). The molecule has 404 valence electrons. The van der Waals surface area contributed by atoms with Gasteiger partial charge in [0, 0.05) is 71.4 Å². The highest BCUT2D eigenvalue weighted by atomic mass is 16.6. The van der Waals surface area contributed by atoms with E-state index in [1.807, 2.05) is 30.3 Å². The minimum absolute atomic E-state index is 0.0265. The molecule has 0 saturated carbocycles. The van der Waals surface area contributed by atoms with Crippen LogP contribution in [0.4, 0.5) is 14.4 Å². The molecular weight excluding hydrogens is 927 g/mol. The largest absolute Gasteiger partial charge is 0.461 e. The summed E-state index contributed by atoms with van der Waals surface area (Å²) in [6.45, 7) is 16.8. The first-order chi connectivity index (χ1) is 33.4. The predicted molar refractivity (Wildman–Crippen MR) is 263 cm³/mol. The molecule has 7 N–H and O–H groups in total. The molecule has 0 aliphatic rings. The van der Waals surface area contributed by atoms with Crippen molar-refractivity contribution < 1.29 is 71.5 Å². The molecule has 0 aliphatic carbocycles. The van der Waals surface area contributed by atoms with Gasteiger partial charge in [0.15, 0.2) is 0 Å². The molecule has 7 amide bonds. The number of carbonyl (C=O) groups is 8. The van der Waals surface area contributed by atoms with E-state index in [0.717, 1.165) is 5.56 Å². The van der Waals surface area contributed by atoms with E-state index in [9.17, 15) is 38.4 Å². The Hall–Kier alpha value is -5.74. The number of ether oxygens (including phenoxy) is 7. The highest BCUT2D eigenvalue weighted by Crippen LogP contribution is 2.13. The van der Waals surface area contributed by atoms with Crippen molar-refractivity contribution in [3.8, 4) is 0 Å². The van der Waals surface area contributed by atoms with Crippen molar-refractivity contribution in [1.82, 2.24) is 37.2 Å². The summed E-state index contributed by atoms with van der Waals surface area (Å²) in [7, 11) is 0. The maximum Gasteiger partial charge on any atom is 0.407 e. The van der Waals surface area contributed by atoms with Crippen molar-refractivity contribution in [2.45, 2.75) is 149 Å². The van der Waals surface area contributed by atoms with E-state index in [0.29, 0.717) is 19.3 Å². The lowest BCUT2D eigenvalue weighted by Gasteiger charge is -2.34. The average molecular weight is 1010 g/mol. The first kappa shape index (κ1) is 63.3. The van der Waals surface area contributed by atoms with Gasteiger partial charge in [0.2, 0.25) is 23.6 Å². The Balaban J connectivity index is 2.96. The Morgan fingerprint density at radius 3 is 1.13 bits per heavy atom. The number of benzene rings is 1. The summed E-state index contributed by atoms with van der Waals surface area (Å²) in [4.78, 5) is 99.8. The number of nitrogens with one attached hydrogen (secondary N) is 7. The monoisotopic (exact) mass is 1010 g/mol. The van der Waals surface area contributed by atoms with E-state index in [4.69, 9.17) is 33.2 Å². The van der Waals surface area contributed by atoms with Gasteiger partial charge in [0.1, 0.15) is 28.9 Å². The van der Waals surface area contributed by atoms with Crippen LogP contribution >= 0.6 is 0 Å². The number of rotatable bonds is 34. The van der Waals surface area contributed by atoms with Gasteiger partial charge in [-0.25, -0.2) is 14.4 Å². The second-order valence-electron chi connectivity index (χ2n) is 19.6. The number of hydrogen-bond donors (Lipinski definition) is 7. The van der Waals surface area contributed by atoms with Crippen molar-refractivity contribution in [3.63, 3.8) is 0 Å². The third-order valence-electron chi connectivity index (χ3n) is 9.02. The Labute approximate surface area is 419 Å². The van der Waals surface area contributed by atoms with Crippen LogP contribution in [0.25, 0.3) is 0 Å². The quantitative estimate of drug-likeness (QED) is 0.0291. The molecule has 0 unspecified atom stereocenters. The summed E-state index contributed by atoms with van der Waals surface area (Å²) >= 11 is 0. The van der Waals surface area contributed by atoms with Crippen LogP contribution in [0.3, 0.4) is 0 Å². The van der Waals surface area contributed by atoms with Crippen molar-refractivity contribution in [3.05, 3.63) is 35.9 Å². The zero-order valence-electron chi connectivity index (χ0n) is 43.6. The fourth-order valence-corrected chi connectivity index (χ4v) is 5.82. The molecule has 0 aliphatic heterocycles. The zero-order chi connectivity index (χ0) is 53.2. The summed E-state index contributed by atoms with van der Waals surface area (Å²) in [6, 6.07) is 9.18. The highest BCUT2D eigenvalue weighted by molar-refractivity contribution is 5.78. The Morgan fingerprint density at radius 1 is 0.423 bits per heavy atom. The van der Waals surface area contributed by atoms with E-state index in [2.05, 4.69) is 37.2 Å². The first-order valence-corrected chi connectivity index (χ1v) is 24.3. The van der Waals surface area contributed by atoms with Gasteiger partial charge < -0.3 is 70.4 Å². The molecule has 0 radical (unpaired) electrons. The maximum atomic E-state index is 13.6.